The van der Waals surface area contributed by atoms with Crippen LogP contribution in [0.5, 0.6) is 0 Å². The summed E-state index contributed by atoms with van der Waals surface area (Å²) in [5.41, 5.74) is 14.7. The van der Waals surface area contributed by atoms with Crippen LogP contribution in [-0.4, -0.2) is 15.0 Å². The van der Waals surface area contributed by atoms with Gasteiger partial charge in [0, 0.05) is 26.5 Å². The van der Waals surface area contributed by atoms with E-state index < -0.39 is 5.41 Å². The van der Waals surface area contributed by atoms with Gasteiger partial charge in [0.1, 0.15) is 0 Å². The van der Waals surface area contributed by atoms with Crippen molar-refractivity contribution in [2.75, 3.05) is 0 Å². The minimum Gasteiger partial charge on any atom is -0.208 e. The molecule has 9 aromatic carbocycles. The zero-order valence-corrected chi connectivity index (χ0v) is 33.3. The van der Waals surface area contributed by atoms with Gasteiger partial charge in [0.15, 0.2) is 17.5 Å². The fraction of sp³-hybridized carbons (Fsp3) is 0.0179. The van der Waals surface area contributed by atoms with Gasteiger partial charge in [0.2, 0.25) is 0 Å². The molecule has 0 amide bonds. The van der Waals surface area contributed by atoms with Crippen LogP contribution >= 0.6 is 11.8 Å². The van der Waals surface area contributed by atoms with Crippen LogP contribution in [0.15, 0.2) is 222 Å². The fourth-order valence-corrected chi connectivity index (χ4v) is 10.8. The lowest BCUT2D eigenvalue weighted by molar-refractivity contribution is 0.711. The van der Waals surface area contributed by atoms with E-state index >= 15 is 0 Å². The van der Waals surface area contributed by atoms with Crippen LogP contribution in [0, 0.1) is 0 Å². The molecule has 10 aromatic rings. The molecule has 1 aromatic heterocycles. The van der Waals surface area contributed by atoms with Crippen LogP contribution in [0.2, 0.25) is 0 Å². The van der Waals surface area contributed by atoms with E-state index in [9.17, 15) is 0 Å². The quantitative estimate of drug-likeness (QED) is 0.178. The van der Waals surface area contributed by atoms with Crippen LogP contribution in [0.3, 0.4) is 0 Å². The Balaban J connectivity index is 1.08. The average molecular weight is 782 g/mol. The lowest BCUT2D eigenvalue weighted by Crippen LogP contribution is -2.34. The first-order chi connectivity index (χ1) is 29.7. The average Bonchev–Trinajstić information content (AvgIpc) is 3.43. The zero-order chi connectivity index (χ0) is 39.6. The molecule has 1 spiro atoms. The van der Waals surface area contributed by atoms with Gasteiger partial charge >= 0.3 is 0 Å². The van der Waals surface area contributed by atoms with Gasteiger partial charge in [-0.25, -0.2) is 15.0 Å². The molecule has 0 saturated carbocycles. The van der Waals surface area contributed by atoms with Crippen molar-refractivity contribution in [3.05, 3.63) is 235 Å². The van der Waals surface area contributed by atoms with Gasteiger partial charge in [-0.15, -0.1) is 0 Å². The maximum absolute atomic E-state index is 5.01. The van der Waals surface area contributed by atoms with Gasteiger partial charge in [-0.1, -0.05) is 212 Å². The van der Waals surface area contributed by atoms with E-state index in [1.165, 1.54) is 65.1 Å². The van der Waals surface area contributed by atoms with Crippen molar-refractivity contribution in [1.29, 1.82) is 0 Å². The third-order valence-corrected chi connectivity index (χ3v) is 13.4. The van der Waals surface area contributed by atoms with Crippen LogP contribution in [-0.2, 0) is 5.41 Å². The summed E-state index contributed by atoms with van der Waals surface area (Å²) in [6.45, 7) is 0. The molecule has 60 heavy (non-hydrogen) atoms. The molecule has 4 heteroatoms. The third kappa shape index (κ3) is 5.35. The molecule has 0 saturated heterocycles. The fourth-order valence-electron chi connectivity index (χ4n) is 9.51. The van der Waals surface area contributed by atoms with Crippen molar-refractivity contribution in [3.8, 4) is 67.5 Å². The number of nitrogens with zero attached hydrogens (tertiary/aromatic N) is 3. The predicted molar refractivity (Wildman–Crippen MR) is 246 cm³/mol. The van der Waals surface area contributed by atoms with Crippen LogP contribution in [0.25, 0.3) is 78.3 Å². The molecule has 1 aliphatic heterocycles. The molecule has 0 fully saturated rings. The van der Waals surface area contributed by atoms with Crippen molar-refractivity contribution in [2.45, 2.75) is 15.2 Å². The molecule has 1 atom stereocenters. The van der Waals surface area contributed by atoms with Crippen molar-refractivity contribution in [3.63, 3.8) is 0 Å². The number of rotatable bonds is 4. The normalized spacial score (nSPS) is 14.7. The maximum Gasteiger partial charge on any atom is 0.164 e. The van der Waals surface area contributed by atoms with Gasteiger partial charge in [-0.05, 0) is 78.5 Å². The molecule has 0 radical (unpaired) electrons. The molecule has 2 heterocycles. The second-order valence-electron chi connectivity index (χ2n) is 15.5. The Kier molecular flexibility index (Phi) is 8.00. The van der Waals surface area contributed by atoms with Crippen molar-refractivity contribution >= 4 is 22.5 Å². The summed E-state index contributed by atoms with van der Waals surface area (Å²) >= 11 is 1.90. The predicted octanol–water partition coefficient (Wildman–Crippen LogP) is 14.2. The first-order valence-corrected chi connectivity index (χ1v) is 21.2. The molecular weight excluding hydrogens is 747 g/mol. The van der Waals surface area contributed by atoms with E-state index in [2.05, 4.69) is 152 Å². The second kappa shape index (κ2) is 13.9. The summed E-state index contributed by atoms with van der Waals surface area (Å²) in [5, 5.41) is 2.54. The summed E-state index contributed by atoms with van der Waals surface area (Å²) in [7, 11) is 0. The van der Waals surface area contributed by atoms with Gasteiger partial charge in [0.05, 0.1) is 5.41 Å². The summed E-state index contributed by atoms with van der Waals surface area (Å²) in [6.07, 6.45) is 0. The van der Waals surface area contributed by atoms with Gasteiger partial charge in [-0.2, -0.15) is 0 Å². The molecule has 0 bridgehead atoms. The van der Waals surface area contributed by atoms with E-state index in [0.29, 0.717) is 17.5 Å². The highest BCUT2D eigenvalue weighted by Crippen LogP contribution is 2.62. The first kappa shape index (κ1) is 34.6. The SMILES string of the molecule is c1ccc(-c2nc(-c3ccccc3)nc(-c3ccc(-c4ccc5c(c4)C4(c6ccccc6Sc6c4ccc4ccccc64)c4ccccc4-c4ccccc4-5)cc3)n2)cc1. The number of hydrogen-bond donors (Lipinski definition) is 0. The smallest absolute Gasteiger partial charge is 0.164 e. The highest BCUT2D eigenvalue weighted by molar-refractivity contribution is 7.99. The van der Waals surface area contributed by atoms with E-state index in [0.717, 1.165) is 27.8 Å². The minimum absolute atomic E-state index is 0.603. The Bertz CT molecular complexity index is 3230. The van der Waals surface area contributed by atoms with Gasteiger partial charge in [-0.3, -0.25) is 0 Å². The molecule has 1 unspecified atom stereocenters. The molecular formula is C56H35N3S. The Morgan fingerprint density at radius 2 is 0.817 bits per heavy atom. The van der Waals surface area contributed by atoms with E-state index in [4.69, 9.17) is 15.0 Å². The Labute approximate surface area is 353 Å². The monoisotopic (exact) mass is 781 g/mol. The van der Waals surface area contributed by atoms with Crippen molar-refractivity contribution in [2.24, 2.45) is 0 Å². The second-order valence-corrected chi connectivity index (χ2v) is 16.5. The number of fused-ring (bicyclic) bond motifs is 13. The van der Waals surface area contributed by atoms with Crippen molar-refractivity contribution in [1.82, 2.24) is 15.0 Å². The third-order valence-electron chi connectivity index (χ3n) is 12.2. The van der Waals surface area contributed by atoms with E-state index in [1.54, 1.807) is 0 Å². The molecule has 0 N–H and O–H groups in total. The van der Waals surface area contributed by atoms with Gasteiger partial charge < -0.3 is 0 Å². The summed E-state index contributed by atoms with van der Waals surface area (Å²) in [5.74, 6) is 1.95. The first-order valence-electron chi connectivity index (χ1n) is 20.4. The number of benzene rings is 9. The molecule has 12 rings (SSSR count). The Hall–Kier alpha value is -7.40. The van der Waals surface area contributed by atoms with E-state index in [-0.39, 0.29) is 0 Å². The summed E-state index contributed by atoms with van der Waals surface area (Å²) < 4.78 is 0. The standard InChI is InChI=1S/C56H35N3S/c1-3-16-38(17-4-1)53-57-54(39-18-5-2-6-19-39)59-55(58-53)40-29-27-36(28-30-40)41-31-33-46-44-22-10-9-21-43(44)45-23-11-12-24-47(45)56(50(46)35-41)48-25-13-14-26-51(48)60-52-42-20-8-7-15-37(42)32-34-49(52)56/h1-35H. The zero-order valence-electron chi connectivity index (χ0n) is 32.5. The number of hydrogen-bond acceptors (Lipinski definition) is 4. The number of aromatic nitrogens is 3. The maximum atomic E-state index is 5.01. The topological polar surface area (TPSA) is 38.7 Å². The lowest BCUT2D eigenvalue weighted by atomic mass is 9.62. The van der Waals surface area contributed by atoms with Crippen LogP contribution in [0.4, 0.5) is 0 Å². The summed E-state index contributed by atoms with van der Waals surface area (Å²) in [4.78, 5) is 17.5. The lowest BCUT2D eigenvalue weighted by Gasteiger charge is -2.43. The van der Waals surface area contributed by atoms with Crippen LogP contribution < -0.4 is 0 Å². The minimum atomic E-state index is -0.603. The molecule has 280 valence electrons. The Morgan fingerprint density at radius 1 is 0.317 bits per heavy atom. The Morgan fingerprint density at radius 3 is 1.50 bits per heavy atom. The summed E-state index contributed by atoms with van der Waals surface area (Å²) in [6, 6.07) is 76.8. The molecule has 2 aliphatic rings. The molecule has 3 nitrogen and oxygen atoms in total. The van der Waals surface area contributed by atoms with Crippen molar-refractivity contribution < 1.29 is 0 Å². The molecule has 1 aliphatic carbocycles. The largest absolute Gasteiger partial charge is 0.208 e. The van der Waals surface area contributed by atoms with E-state index in [1.807, 2.05) is 72.4 Å². The highest BCUT2D eigenvalue weighted by atomic mass is 32.2. The highest BCUT2D eigenvalue weighted by Gasteiger charge is 2.48. The van der Waals surface area contributed by atoms with Gasteiger partial charge in [0.25, 0.3) is 0 Å². The van der Waals surface area contributed by atoms with Crippen LogP contribution in [0.1, 0.15) is 22.3 Å².